The van der Waals surface area contributed by atoms with Crippen LogP contribution in [0.5, 0.6) is 0 Å². The monoisotopic (exact) mass is 411 g/mol. The fourth-order valence-corrected chi connectivity index (χ4v) is 5.23. The molecule has 10 heteroatoms. The van der Waals surface area contributed by atoms with Gasteiger partial charge in [0.05, 0.1) is 30.9 Å². The largest absolute Gasteiger partial charge is 0.453 e. The summed E-state index contributed by atoms with van der Waals surface area (Å²) in [6.45, 7) is 2.35. The minimum Gasteiger partial charge on any atom is -0.453 e. The molecule has 0 aliphatic heterocycles. The Morgan fingerprint density at radius 1 is 1.37 bits per heavy atom. The Morgan fingerprint density at radius 3 is 2.85 bits per heavy atom. The number of ether oxygens (including phenoxy) is 2. The number of alkyl carbamates (subject to hydrolysis) is 1. The van der Waals surface area contributed by atoms with Gasteiger partial charge in [0.1, 0.15) is 4.83 Å². The van der Waals surface area contributed by atoms with Crippen molar-refractivity contribution in [1.82, 2.24) is 14.9 Å². The number of thioether (sulfide) groups is 1. The average molecular weight is 412 g/mol. The zero-order valence-corrected chi connectivity index (χ0v) is 17.0. The van der Waals surface area contributed by atoms with Crippen LogP contribution >= 0.6 is 23.1 Å². The molecule has 0 aromatic carbocycles. The van der Waals surface area contributed by atoms with E-state index in [9.17, 15) is 14.4 Å². The van der Waals surface area contributed by atoms with E-state index < -0.39 is 17.3 Å². The van der Waals surface area contributed by atoms with Crippen LogP contribution in [0, 0.1) is 0 Å². The van der Waals surface area contributed by atoms with Crippen molar-refractivity contribution in [3.63, 3.8) is 0 Å². The molecule has 1 N–H and O–H groups in total. The molecule has 0 fully saturated rings. The van der Waals surface area contributed by atoms with E-state index >= 15 is 0 Å². The number of nitrogens with one attached hydrogen (secondary N) is 1. The summed E-state index contributed by atoms with van der Waals surface area (Å²) < 4.78 is 11.1. The Bertz CT molecular complexity index is 937. The zero-order valence-electron chi connectivity index (χ0n) is 15.4. The van der Waals surface area contributed by atoms with E-state index in [2.05, 4.69) is 15.0 Å². The lowest BCUT2D eigenvalue weighted by Gasteiger charge is -2.15. The van der Waals surface area contributed by atoms with Gasteiger partial charge in [0.2, 0.25) is 5.91 Å². The lowest BCUT2D eigenvalue weighted by Crippen LogP contribution is -2.36. The highest BCUT2D eigenvalue weighted by Gasteiger charge is 2.25. The average Bonchev–Trinajstić information content (AvgIpc) is 3.21. The second-order valence-electron chi connectivity index (χ2n) is 6.12. The van der Waals surface area contributed by atoms with Crippen LogP contribution in [0.4, 0.5) is 4.79 Å². The van der Waals surface area contributed by atoms with Gasteiger partial charge < -0.3 is 9.47 Å². The van der Waals surface area contributed by atoms with Crippen LogP contribution in [0.25, 0.3) is 10.2 Å². The molecule has 0 saturated carbocycles. The number of hydrogen-bond acceptors (Lipinski definition) is 8. The number of amides is 2. The Balaban J connectivity index is 1.97. The molecule has 0 radical (unpaired) electrons. The minimum absolute atomic E-state index is 0.0977. The fraction of sp³-hybridized carbons (Fsp3) is 0.529. The van der Waals surface area contributed by atoms with Gasteiger partial charge in [-0.15, -0.1) is 11.3 Å². The molecule has 8 nitrogen and oxygen atoms in total. The van der Waals surface area contributed by atoms with Gasteiger partial charge in [0, 0.05) is 12.0 Å². The standard InChI is InChI=1S/C17H21N3O5S2/c1-9(13(21)18-17(23)25-3)26-16-19-14-12(10-5-4-6-11(10)27-14)15(22)20(16)7-8-24-2/h9H,4-8H2,1-3H3,(H,18,21,23)/t9-/m0/s1. The van der Waals surface area contributed by atoms with E-state index in [1.165, 1.54) is 12.0 Å². The summed E-state index contributed by atoms with van der Waals surface area (Å²) in [6.07, 6.45) is 2.13. The normalized spacial score (nSPS) is 14.2. The summed E-state index contributed by atoms with van der Waals surface area (Å²) in [5.74, 6) is -0.506. The number of methoxy groups -OCH3 is 2. The number of nitrogens with zero attached hydrogens (tertiary/aromatic N) is 2. The Hall–Kier alpha value is -1.91. The number of hydrogen-bond donors (Lipinski definition) is 1. The minimum atomic E-state index is -0.817. The first kappa shape index (κ1) is 19.8. The molecule has 2 heterocycles. The van der Waals surface area contributed by atoms with Gasteiger partial charge in [-0.05, 0) is 31.7 Å². The van der Waals surface area contributed by atoms with Crippen LogP contribution in [0.2, 0.25) is 0 Å². The lowest BCUT2D eigenvalue weighted by molar-refractivity contribution is -0.119. The highest BCUT2D eigenvalue weighted by atomic mass is 32.2. The van der Waals surface area contributed by atoms with Crippen molar-refractivity contribution >= 4 is 45.3 Å². The highest BCUT2D eigenvalue weighted by molar-refractivity contribution is 8.00. The van der Waals surface area contributed by atoms with E-state index in [1.807, 2.05) is 0 Å². The topological polar surface area (TPSA) is 99.5 Å². The maximum absolute atomic E-state index is 13.1. The van der Waals surface area contributed by atoms with Crippen molar-refractivity contribution in [2.75, 3.05) is 20.8 Å². The molecule has 2 aromatic heterocycles. The molecule has 3 rings (SSSR count). The smallest absolute Gasteiger partial charge is 0.413 e. The fourth-order valence-electron chi connectivity index (χ4n) is 2.99. The molecule has 1 aliphatic rings. The molecule has 0 bridgehead atoms. The maximum Gasteiger partial charge on any atom is 0.413 e. The number of carbonyl (C=O) groups excluding carboxylic acids is 2. The lowest BCUT2D eigenvalue weighted by atomic mass is 10.2. The molecule has 1 aliphatic carbocycles. The number of aromatic nitrogens is 2. The Morgan fingerprint density at radius 2 is 2.15 bits per heavy atom. The Kier molecular flexibility index (Phi) is 6.18. The van der Waals surface area contributed by atoms with Crippen LogP contribution in [0.3, 0.4) is 0 Å². The predicted molar refractivity (Wildman–Crippen MR) is 104 cm³/mol. The summed E-state index contributed by atoms with van der Waals surface area (Å²) in [5, 5.41) is 2.64. The SMILES string of the molecule is COCCn1c(S[C@@H](C)C(=O)NC(=O)OC)nc2sc3c(c2c1=O)CCC3. The van der Waals surface area contributed by atoms with Crippen molar-refractivity contribution in [2.45, 2.75) is 43.1 Å². The summed E-state index contributed by atoms with van der Waals surface area (Å²) in [5.41, 5.74) is 1.02. The first-order valence-corrected chi connectivity index (χ1v) is 10.2. The van der Waals surface area contributed by atoms with E-state index in [0.717, 1.165) is 36.6 Å². The van der Waals surface area contributed by atoms with Gasteiger partial charge in [0.15, 0.2) is 5.16 Å². The second-order valence-corrected chi connectivity index (χ2v) is 8.51. The van der Waals surface area contributed by atoms with Crippen LogP contribution in [0.1, 0.15) is 23.8 Å². The van der Waals surface area contributed by atoms with Crippen LogP contribution in [-0.2, 0) is 33.7 Å². The molecule has 0 unspecified atom stereocenters. The molecular weight excluding hydrogens is 390 g/mol. The van der Waals surface area contributed by atoms with E-state index in [0.29, 0.717) is 28.5 Å². The quantitative estimate of drug-likeness (QED) is 0.573. The van der Waals surface area contributed by atoms with Crippen LogP contribution in [-0.4, -0.2) is 47.6 Å². The van der Waals surface area contributed by atoms with E-state index in [4.69, 9.17) is 4.74 Å². The third-order valence-corrected chi connectivity index (χ3v) is 6.65. The Labute approximate surface area is 164 Å². The summed E-state index contributed by atoms with van der Waals surface area (Å²) in [7, 11) is 2.76. The number of thiophene rings is 1. The predicted octanol–water partition coefficient (Wildman–Crippen LogP) is 1.96. The van der Waals surface area contributed by atoms with Crippen molar-refractivity contribution < 1.29 is 19.1 Å². The molecule has 2 amide bonds. The molecular formula is C17H21N3O5S2. The number of aryl methyl sites for hydroxylation is 2. The number of carbonyl (C=O) groups is 2. The second kappa shape index (κ2) is 8.41. The van der Waals surface area contributed by atoms with Crippen molar-refractivity contribution in [1.29, 1.82) is 0 Å². The molecule has 146 valence electrons. The molecule has 27 heavy (non-hydrogen) atoms. The van der Waals surface area contributed by atoms with Gasteiger partial charge in [-0.2, -0.15) is 0 Å². The van der Waals surface area contributed by atoms with Gasteiger partial charge in [0.25, 0.3) is 5.56 Å². The number of imide groups is 1. The van der Waals surface area contributed by atoms with Crippen molar-refractivity contribution in [3.8, 4) is 0 Å². The van der Waals surface area contributed by atoms with Gasteiger partial charge in [-0.1, -0.05) is 11.8 Å². The first-order chi connectivity index (χ1) is 13.0. The summed E-state index contributed by atoms with van der Waals surface area (Å²) in [6, 6.07) is 0. The first-order valence-electron chi connectivity index (χ1n) is 8.55. The molecule has 2 aromatic rings. The third kappa shape index (κ3) is 4.02. The van der Waals surface area contributed by atoms with Gasteiger partial charge in [-0.3, -0.25) is 19.5 Å². The molecule has 1 atom stereocenters. The van der Waals surface area contributed by atoms with Crippen LogP contribution in [0.15, 0.2) is 9.95 Å². The maximum atomic E-state index is 13.1. The van der Waals surface area contributed by atoms with Crippen molar-refractivity contribution in [3.05, 3.63) is 20.8 Å². The number of fused-ring (bicyclic) bond motifs is 3. The summed E-state index contributed by atoms with van der Waals surface area (Å²) in [4.78, 5) is 43.1. The third-order valence-electron chi connectivity index (χ3n) is 4.37. The molecule has 0 spiro atoms. The van der Waals surface area contributed by atoms with Gasteiger partial charge >= 0.3 is 6.09 Å². The zero-order chi connectivity index (χ0) is 19.6. The van der Waals surface area contributed by atoms with Crippen LogP contribution < -0.4 is 10.9 Å². The summed E-state index contributed by atoms with van der Waals surface area (Å²) >= 11 is 2.69. The highest BCUT2D eigenvalue weighted by Crippen LogP contribution is 2.36. The van der Waals surface area contributed by atoms with Gasteiger partial charge in [-0.25, -0.2) is 9.78 Å². The molecule has 0 saturated heterocycles. The van der Waals surface area contributed by atoms with Crippen molar-refractivity contribution in [2.24, 2.45) is 0 Å². The number of rotatable bonds is 6. The van der Waals surface area contributed by atoms with E-state index in [1.54, 1.807) is 29.9 Å². The van der Waals surface area contributed by atoms with E-state index in [-0.39, 0.29) is 5.56 Å².